The van der Waals surface area contributed by atoms with Crippen LogP contribution < -0.4 is 0 Å². The molecule has 0 bridgehead atoms. The highest BCUT2D eigenvalue weighted by Crippen LogP contribution is 2.34. The molecule has 1 fully saturated rings. The largest absolute Gasteiger partial charge is 0.465 e. The molecule has 1 atom stereocenters. The van der Waals surface area contributed by atoms with Crippen molar-refractivity contribution in [1.29, 1.82) is 0 Å². The zero-order chi connectivity index (χ0) is 14.8. The van der Waals surface area contributed by atoms with E-state index in [0.717, 1.165) is 19.3 Å². The van der Waals surface area contributed by atoms with Gasteiger partial charge in [0.05, 0.1) is 6.61 Å². The van der Waals surface area contributed by atoms with Crippen LogP contribution in [0, 0.1) is 0 Å². The van der Waals surface area contributed by atoms with Crippen molar-refractivity contribution in [3.8, 4) is 0 Å². The lowest BCUT2D eigenvalue weighted by Crippen LogP contribution is -2.33. The average Bonchev–Trinajstić information content (AvgIpc) is 2.91. The van der Waals surface area contributed by atoms with Crippen molar-refractivity contribution >= 4 is 5.97 Å². The van der Waals surface area contributed by atoms with Gasteiger partial charge in [0.1, 0.15) is 11.0 Å². The second kappa shape index (κ2) is 5.52. The van der Waals surface area contributed by atoms with Gasteiger partial charge in [0.25, 0.3) is 0 Å². The lowest BCUT2D eigenvalue weighted by Gasteiger charge is -2.30. The van der Waals surface area contributed by atoms with Crippen LogP contribution in [0.5, 0.6) is 0 Å². The number of carbonyl (C=O) groups is 1. The van der Waals surface area contributed by atoms with Gasteiger partial charge in [-0.05, 0) is 47.0 Å². The smallest absolute Gasteiger partial charge is 0.321 e. The van der Waals surface area contributed by atoms with Gasteiger partial charge in [-0.15, -0.1) is 0 Å². The van der Waals surface area contributed by atoms with Gasteiger partial charge in [-0.1, -0.05) is 5.16 Å². The molecule has 2 heterocycles. The van der Waals surface area contributed by atoms with Gasteiger partial charge < -0.3 is 14.0 Å². The van der Waals surface area contributed by atoms with Gasteiger partial charge >= 0.3 is 5.97 Å². The van der Waals surface area contributed by atoms with E-state index in [2.05, 4.69) is 10.1 Å². The highest BCUT2D eigenvalue weighted by molar-refractivity contribution is 5.80. The second-order valence-electron chi connectivity index (χ2n) is 5.81. The molecule has 1 aromatic heterocycles. The van der Waals surface area contributed by atoms with Gasteiger partial charge in [0.2, 0.25) is 11.7 Å². The quantitative estimate of drug-likeness (QED) is 0.789. The fourth-order valence-corrected chi connectivity index (χ4v) is 2.20. The Morgan fingerprint density at radius 1 is 1.45 bits per heavy atom. The molecule has 6 nitrogen and oxygen atoms in total. The molecule has 0 aromatic carbocycles. The molecule has 112 valence electrons. The van der Waals surface area contributed by atoms with E-state index in [-0.39, 0.29) is 11.9 Å². The van der Waals surface area contributed by atoms with E-state index in [1.165, 1.54) is 0 Å². The molecule has 0 saturated carbocycles. The minimum Gasteiger partial charge on any atom is -0.465 e. The molecule has 0 N–H and O–H groups in total. The highest BCUT2D eigenvalue weighted by atomic mass is 16.5. The van der Waals surface area contributed by atoms with Crippen molar-refractivity contribution in [3.63, 3.8) is 0 Å². The van der Waals surface area contributed by atoms with E-state index >= 15 is 0 Å². The van der Waals surface area contributed by atoms with Crippen LogP contribution in [0.1, 0.15) is 58.7 Å². The monoisotopic (exact) mass is 282 g/mol. The normalized spacial score (nSPS) is 23.6. The van der Waals surface area contributed by atoms with Gasteiger partial charge in [-0.25, -0.2) is 0 Å². The molecule has 1 aliphatic heterocycles. The maximum atomic E-state index is 11.9. The Morgan fingerprint density at radius 3 is 2.80 bits per heavy atom. The molecule has 6 heteroatoms. The van der Waals surface area contributed by atoms with Gasteiger partial charge in [0, 0.05) is 6.61 Å². The minimum absolute atomic E-state index is 0.265. The predicted molar refractivity (Wildman–Crippen MR) is 71.1 cm³/mol. The molecular formula is C14H22N2O4. The summed E-state index contributed by atoms with van der Waals surface area (Å²) in [6, 6.07) is 0. The predicted octanol–water partition coefficient (Wildman–Crippen LogP) is 2.33. The van der Waals surface area contributed by atoms with Gasteiger partial charge in [0.15, 0.2) is 0 Å². The topological polar surface area (TPSA) is 74.5 Å². The van der Waals surface area contributed by atoms with E-state index in [4.69, 9.17) is 14.0 Å². The van der Waals surface area contributed by atoms with Crippen LogP contribution in [0.4, 0.5) is 0 Å². The fourth-order valence-electron chi connectivity index (χ4n) is 2.20. The maximum absolute atomic E-state index is 11.9. The van der Waals surface area contributed by atoms with E-state index in [0.29, 0.717) is 19.0 Å². The summed E-state index contributed by atoms with van der Waals surface area (Å²) in [6.45, 7) is 8.17. The first-order valence-electron chi connectivity index (χ1n) is 7.06. The molecule has 0 radical (unpaired) electrons. The van der Waals surface area contributed by atoms with Crippen molar-refractivity contribution in [3.05, 3.63) is 11.7 Å². The first-order chi connectivity index (χ1) is 9.40. The number of rotatable bonds is 4. The third kappa shape index (κ3) is 2.70. The zero-order valence-electron chi connectivity index (χ0n) is 12.6. The number of hydrogen-bond acceptors (Lipinski definition) is 6. The summed E-state index contributed by atoms with van der Waals surface area (Å²) < 4.78 is 16.1. The minimum atomic E-state index is -0.952. The zero-order valence-corrected chi connectivity index (χ0v) is 12.6. The fraction of sp³-hybridized carbons (Fsp3) is 0.786. The van der Waals surface area contributed by atoms with Crippen LogP contribution in [0.25, 0.3) is 0 Å². The Hall–Kier alpha value is -1.43. The Kier molecular flexibility index (Phi) is 4.13. The third-order valence-electron chi connectivity index (χ3n) is 3.69. The number of esters is 1. The summed E-state index contributed by atoms with van der Waals surface area (Å²) >= 11 is 0. The summed E-state index contributed by atoms with van der Waals surface area (Å²) in [7, 11) is 0. The Morgan fingerprint density at radius 2 is 2.20 bits per heavy atom. The van der Waals surface area contributed by atoms with Crippen molar-refractivity contribution in [1.82, 2.24) is 10.1 Å². The Bertz CT molecular complexity index is 475. The first-order valence-corrected chi connectivity index (χ1v) is 7.06. The average molecular weight is 282 g/mol. The number of hydrogen-bond donors (Lipinski definition) is 0. The van der Waals surface area contributed by atoms with E-state index < -0.39 is 11.0 Å². The molecule has 2 rings (SSSR count). The summed E-state index contributed by atoms with van der Waals surface area (Å²) in [6.07, 6.45) is 2.97. The summed E-state index contributed by atoms with van der Waals surface area (Å²) in [5.41, 5.74) is -1.48. The summed E-state index contributed by atoms with van der Waals surface area (Å²) in [5, 5.41) is 4.00. The van der Waals surface area contributed by atoms with Crippen LogP contribution >= 0.6 is 0 Å². The number of carbonyl (C=O) groups excluding carboxylic acids is 1. The number of nitrogens with zero attached hydrogens (tertiary/aromatic N) is 2. The molecule has 1 aromatic rings. The number of aromatic nitrogens is 2. The van der Waals surface area contributed by atoms with Crippen LogP contribution in [-0.4, -0.2) is 29.3 Å². The molecule has 1 unspecified atom stereocenters. The standard InChI is InChI=1S/C14H22N2O4/c1-5-18-12(17)13(2,3)11-15-10(16-20-11)14(4)8-6-7-9-19-14/h5-9H2,1-4H3. The maximum Gasteiger partial charge on any atom is 0.321 e. The molecule has 0 aliphatic carbocycles. The highest BCUT2D eigenvalue weighted by Gasteiger charge is 2.41. The Balaban J connectivity index is 2.22. The van der Waals surface area contributed by atoms with Gasteiger partial charge in [-0.2, -0.15) is 4.98 Å². The van der Waals surface area contributed by atoms with Crippen molar-refractivity contribution < 1.29 is 18.8 Å². The number of ether oxygens (including phenoxy) is 2. The molecule has 1 aliphatic rings. The SMILES string of the molecule is CCOC(=O)C(C)(C)c1nc(C2(C)CCCCO2)no1. The van der Waals surface area contributed by atoms with Gasteiger partial charge in [-0.3, -0.25) is 4.79 Å². The van der Waals surface area contributed by atoms with E-state index in [1.807, 2.05) is 6.92 Å². The molecule has 20 heavy (non-hydrogen) atoms. The van der Waals surface area contributed by atoms with E-state index in [1.54, 1.807) is 20.8 Å². The lowest BCUT2D eigenvalue weighted by molar-refractivity contribution is -0.149. The van der Waals surface area contributed by atoms with Crippen molar-refractivity contribution in [2.45, 2.75) is 58.0 Å². The van der Waals surface area contributed by atoms with Crippen LogP contribution in [0.15, 0.2) is 4.52 Å². The van der Waals surface area contributed by atoms with Crippen molar-refractivity contribution in [2.75, 3.05) is 13.2 Å². The Labute approximate surface area is 118 Å². The molecule has 0 spiro atoms. The third-order valence-corrected chi connectivity index (χ3v) is 3.69. The summed E-state index contributed by atoms with van der Waals surface area (Å²) in [5.74, 6) is 0.399. The van der Waals surface area contributed by atoms with E-state index in [9.17, 15) is 4.79 Å². The van der Waals surface area contributed by atoms with Crippen LogP contribution in [0.3, 0.4) is 0 Å². The second-order valence-corrected chi connectivity index (χ2v) is 5.81. The first kappa shape index (κ1) is 15.0. The lowest BCUT2D eigenvalue weighted by atomic mass is 9.93. The van der Waals surface area contributed by atoms with Crippen molar-refractivity contribution in [2.24, 2.45) is 0 Å². The molecular weight excluding hydrogens is 260 g/mol. The molecule has 0 amide bonds. The molecule has 1 saturated heterocycles. The summed E-state index contributed by atoms with van der Waals surface area (Å²) in [4.78, 5) is 16.3. The van der Waals surface area contributed by atoms with Crippen LogP contribution in [-0.2, 0) is 25.3 Å². The van der Waals surface area contributed by atoms with Crippen LogP contribution in [0.2, 0.25) is 0 Å².